The second-order valence-corrected chi connectivity index (χ2v) is 7.60. The number of nitrogens with zero attached hydrogens (tertiary/aromatic N) is 2. The van der Waals surface area contributed by atoms with Crippen LogP contribution < -0.4 is 10.6 Å². The zero-order valence-corrected chi connectivity index (χ0v) is 19.2. The van der Waals surface area contributed by atoms with E-state index in [4.69, 9.17) is 4.74 Å². The molecule has 8 heteroatoms. The molecule has 0 aliphatic carbocycles. The van der Waals surface area contributed by atoms with Gasteiger partial charge in [0.2, 0.25) is 0 Å². The van der Waals surface area contributed by atoms with Crippen molar-refractivity contribution in [3.8, 4) is 0 Å². The van der Waals surface area contributed by atoms with Gasteiger partial charge in [0.15, 0.2) is 5.96 Å². The van der Waals surface area contributed by atoms with E-state index in [0.717, 1.165) is 43.6 Å². The van der Waals surface area contributed by atoms with Crippen LogP contribution in [0.15, 0.2) is 22.5 Å². The molecule has 1 aromatic heterocycles. The average Bonchev–Trinajstić information content (AvgIpc) is 3.27. The monoisotopic (exact) mass is 496 g/mol. The Balaban J connectivity index is 0.00000338. The number of thiophene rings is 1. The molecule has 26 heavy (non-hydrogen) atoms. The Morgan fingerprint density at radius 1 is 1.50 bits per heavy atom. The van der Waals surface area contributed by atoms with E-state index in [-0.39, 0.29) is 24.0 Å². The van der Waals surface area contributed by atoms with Crippen molar-refractivity contribution in [3.05, 3.63) is 22.4 Å². The molecule has 1 saturated heterocycles. The number of rotatable bonds is 9. The van der Waals surface area contributed by atoms with Gasteiger partial charge in [-0.2, -0.15) is 0 Å². The minimum atomic E-state index is -0.936. The third-order valence-electron chi connectivity index (χ3n) is 4.53. The first kappa shape index (κ1) is 23.6. The van der Waals surface area contributed by atoms with Gasteiger partial charge < -0.3 is 20.5 Å². The maximum absolute atomic E-state index is 10.6. The molecule has 2 atom stereocenters. The van der Waals surface area contributed by atoms with Crippen molar-refractivity contribution in [2.75, 3.05) is 46.4 Å². The molecular weight excluding hydrogens is 463 g/mol. The second-order valence-electron chi connectivity index (χ2n) is 6.65. The number of nitrogens with one attached hydrogen (secondary N) is 2. The molecule has 2 rings (SSSR count). The molecular formula is C18H33IN4O2S. The van der Waals surface area contributed by atoms with Crippen molar-refractivity contribution >= 4 is 41.3 Å². The van der Waals surface area contributed by atoms with Gasteiger partial charge in [-0.05, 0) is 44.7 Å². The molecule has 0 bridgehead atoms. The highest BCUT2D eigenvalue weighted by atomic mass is 127. The van der Waals surface area contributed by atoms with Crippen molar-refractivity contribution < 1.29 is 9.84 Å². The van der Waals surface area contributed by atoms with E-state index in [9.17, 15) is 5.11 Å². The number of hydrogen-bond donors (Lipinski definition) is 3. The van der Waals surface area contributed by atoms with E-state index in [1.54, 1.807) is 18.4 Å². The van der Waals surface area contributed by atoms with E-state index in [1.165, 1.54) is 12.8 Å². The number of ether oxygens (including phenoxy) is 1. The van der Waals surface area contributed by atoms with Crippen molar-refractivity contribution in [1.29, 1.82) is 0 Å². The van der Waals surface area contributed by atoms with Crippen LogP contribution in [0.2, 0.25) is 0 Å². The zero-order chi connectivity index (χ0) is 18.1. The second kappa shape index (κ2) is 12.1. The van der Waals surface area contributed by atoms with Crippen LogP contribution in [0.1, 0.15) is 31.6 Å². The van der Waals surface area contributed by atoms with E-state index in [0.29, 0.717) is 12.6 Å². The first-order valence-corrected chi connectivity index (χ1v) is 9.96. The van der Waals surface area contributed by atoms with Crippen LogP contribution in [0, 0.1) is 0 Å². The van der Waals surface area contributed by atoms with E-state index in [1.807, 2.05) is 24.4 Å². The normalized spacial score (nSPS) is 20.5. The van der Waals surface area contributed by atoms with Crippen molar-refractivity contribution in [2.24, 2.45) is 4.99 Å². The Bertz CT molecular complexity index is 525. The topological polar surface area (TPSA) is 69.1 Å². The minimum absolute atomic E-state index is 0. The van der Waals surface area contributed by atoms with Crippen LogP contribution >= 0.6 is 35.3 Å². The predicted molar refractivity (Wildman–Crippen MR) is 120 cm³/mol. The third kappa shape index (κ3) is 7.30. The highest BCUT2D eigenvalue weighted by Crippen LogP contribution is 2.25. The van der Waals surface area contributed by atoms with Crippen LogP contribution in [0.4, 0.5) is 0 Å². The Morgan fingerprint density at radius 2 is 2.31 bits per heavy atom. The number of aliphatic imine (C=N–C) groups is 1. The van der Waals surface area contributed by atoms with Crippen LogP contribution in [0.5, 0.6) is 0 Å². The SMILES string of the molecule is CCNC(=NCC(C)(O)c1cccs1)NCC1CCCN1CCOC.I. The molecule has 0 aromatic carbocycles. The van der Waals surface area contributed by atoms with Crippen LogP contribution in [0.25, 0.3) is 0 Å². The number of aliphatic hydroxyl groups is 1. The lowest BCUT2D eigenvalue weighted by molar-refractivity contribution is 0.0711. The molecule has 6 nitrogen and oxygen atoms in total. The zero-order valence-electron chi connectivity index (χ0n) is 16.0. The number of guanidine groups is 1. The van der Waals surface area contributed by atoms with Gasteiger partial charge in [-0.25, -0.2) is 4.99 Å². The van der Waals surface area contributed by atoms with Gasteiger partial charge in [-0.1, -0.05) is 6.07 Å². The number of halogens is 1. The summed E-state index contributed by atoms with van der Waals surface area (Å²) in [4.78, 5) is 8.01. The molecule has 0 saturated carbocycles. The summed E-state index contributed by atoms with van der Waals surface area (Å²) in [6.45, 7) is 8.74. The molecule has 2 unspecified atom stereocenters. The van der Waals surface area contributed by atoms with Crippen molar-refractivity contribution in [2.45, 2.75) is 38.3 Å². The highest BCUT2D eigenvalue weighted by molar-refractivity contribution is 14.0. The first-order valence-electron chi connectivity index (χ1n) is 9.08. The molecule has 1 aliphatic heterocycles. The summed E-state index contributed by atoms with van der Waals surface area (Å²) >= 11 is 1.56. The van der Waals surface area contributed by atoms with Crippen LogP contribution in [-0.2, 0) is 10.3 Å². The average molecular weight is 496 g/mol. The molecule has 3 N–H and O–H groups in total. The lowest BCUT2D eigenvalue weighted by Gasteiger charge is -2.25. The fourth-order valence-electron chi connectivity index (χ4n) is 3.08. The molecule has 1 aliphatic rings. The summed E-state index contributed by atoms with van der Waals surface area (Å²) in [7, 11) is 1.75. The summed E-state index contributed by atoms with van der Waals surface area (Å²) in [6.07, 6.45) is 2.43. The number of likely N-dealkylation sites (tertiary alicyclic amines) is 1. The van der Waals surface area contributed by atoms with Gasteiger partial charge in [0.1, 0.15) is 5.60 Å². The molecule has 2 heterocycles. The minimum Gasteiger partial charge on any atom is -0.383 e. The molecule has 0 radical (unpaired) electrons. The summed E-state index contributed by atoms with van der Waals surface area (Å²) in [5.41, 5.74) is -0.936. The number of methoxy groups -OCH3 is 1. The standard InChI is InChI=1S/C18H32N4O2S.HI/c1-4-19-17(21-14-18(2,23)16-8-6-12-25-16)20-13-15-7-5-9-22(15)10-11-24-3;/h6,8,12,15,23H,4-5,7,9-11,13-14H2,1-3H3,(H2,19,20,21);1H. The van der Waals surface area contributed by atoms with Crippen LogP contribution in [-0.4, -0.2) is 68.4 Å². The largest absolute Gasteiger partial charge is 0.383 e. The Labute approximate surface area is 178 Å². The van der Waals surface area contributed by atoms with Gasteiger partial charge in [0.05, 0.1) is 13.2 Å². The Kier molecular flexibility index (Phi) is 11.0. The fourth-order valence-corrected chi connectivity index (χ4v) is 3.86. The van der Waals surface area contributed by atoms with Gasteiger partial charge in [-0.15, -0.1) is 35.3 Å². The molecule has 150 valence electrons. The van der Waals surface area contributed by atoms with E-state index >= 15 is 0 Å². The van der Waals surface area contributed by atoms with Crippen LogP contribution in [0.3, 0.4) is 0 Å². The van der Waals surface area contributed by atoms with Gasteiger partial charge >= 0.3 is 0 Å². The predicted octanol–water partition coefficient (Wildman–Crippen LogP) is 2.24. The molecule has 0 spiro atoms. The van der Waals surface area contributed by atoms with Gasteiger partial charge in [0.25, 0.3) is 0 Å². The first-order chi connectivity index (χ1) is 12.1. The van der Waals surface area contributed by atoms with Crippen molar-refractivity contribution in [3.63, 3.8) is 0 Å². The number of hydrogen-bond acceptors (Lipinski definition) is 5. The summed E-state index contributed by atoms with van der Waals surface area (Å²) in [5.74, 6) is 0.762. The Hall–Kier alpha value is -0.420. The molecule has 1 fully saturated rings. The maximum Gasteiger partial charge on any atom is 0.191 e. The maximum atomic E-state index is 10.6. The Morgan fingerprint density at radius 3 is 2.96 bits per heavy atom. The summed E-state index contributed by atoms with van der Waals surface area (Å²) in [5, 5.41) is 19.3. The van der Waals surface area contributed by atoms with Gasteiger partial charge in [0, 0.05) is 37.7 Å². The summed E-state index contributed by atoms with van der Waals surface area (Å²) < 4.78 is 5.20. The third-order valence-corrected chi connectivity index (χ3v) is 5.65. The van der Waals surface area contributed by atoms with Gasteiger partial charge in [-0.3, -0.25) is 4.90 Å². The van der Waals surface area contributed by atoms with E-state index < -0.39 is 5.60 Å². The highest BCUT2D eigenvalue weighted by Gasteiger charge is 2.25. The van der Waals surface area contributed by atoms with Crippen molar-refractivity contribution in [1.82, 2.24) is 15.5 Å². The quantitative estimate of drug-likeness (QED) is 0.278. The lowest BCUT2D eigenvalue weighted by Crippen LogP contribution is -2.46. The lowest BCUT2D eigenvalue weighted by atomic mass is 10.1. The molecule has 1 aromatic rings. The molecule has 0 amide bonds. The summed E-state index contributed by atoms with van der Waals surface area (Å²) in [6, 6.07) is 4.42. The fraction of sp³-hybridized carbons (Fsp3) is 0.722. The smallest absolute Gasteiger partial charge is 0.191 e. The van der Waals surface area contributed by atoms with E-state index in [2.05, 4.69) is 27.4 Å².